The second-order valence-corrected chi connectivity index (χ2v) is 5.56. The lowest BCUT2D eigenvalue weighted by atomic mass is 9.82. The van der Waals surface area contributed by atoms with Crippen LogP contribution in [-0.2, 0) is 0 Å². The molecule has 2 heteroatoms. The Labute approximate surface area is 118 Å². The number of hydrogen-bond donors (Lipinski definition) is 1. The van der Waals surface area contributed by atoms with Gasteiger partial charge in [0.2, 0.25) is 0 Å². The first-order valence-electron chi connectivity index (χ1n) is 7.04. The number of para-hydroxylation sites is 1. The highest BCUT2D eigenvalue weighted by Gasteiger charge is 2.29. The quantitative estimate of drug-likeness (QED) is 0.764. The van der Waals surface area contributed by atoms with Gasteiger partial charge in [0.15, 0.2) is 0 Å². The van der Waals surface area contributed by atoms with Gasteiger partial charge >= 0.3 is 0 Å². The maximum atomic E-state index is 10.7. The zero-order valence-corrected chi connectivity index (χ0v) is 11.3. The molecule has 0 spiro atoms. The molecule has 2 unspecified atom stereocenters. The Morgan fingerprint density at radius 2 is 1.90 bits per heavy atom. The molecule has 100 valence electrons. The van der Waals surface area contributed by atoms with Crippen molar-refractivity contribution in [1.29, 1.82) is 0 Å². The molecule has 2 aromatic carbocycles. The SMILES string of the molecule is CC1CC=Cc2c1ccc1c2C(O)c2ccccc2O1. The van der Waals surface area contributed by atoms with Gasteiger partial charge in [0.25, 0.3) is 0 Å². The molecule has 0 saturated heterocycles. The third-order valence-corrected chi connectivity index (χ3v) is 4.29. The first-order chi connectivity index (χ1) is 9.75. The molecule has 4 rings (SSSR count). The summed E-state index contributed by atoms with van der Waals surface area (Å²) in [5.74, 6) is 2.01. The van der Waals surface area contributed by atoms with Crippen LogP contribution in [0, 0.1) is 0 Å². The minimum atomic E-state index is -0.611. The van der Waals surface area contributed by atoms with E-state index < -0.39 is 6.10 Å². The van der Waals surface area contributed by atoms with Crippen LogP contribution in [0.1, 0.15) is 47.6 Å². The summed E-state index contributed by atoms with van der Waals surface area (Å²) >= 11 is 0. The Balaban J connectivity index is 1.95. The van der Waals surface area contributed by atoms with E-state index in [9.17, 15) is 5.11 Å². The van der Waals surface area contributed by atoms with Crippen LogP contribution in [0.2, 0.25) is 0 Å². The van der Waals surface area contributed by atoms with Crippen molar-refractivity contribution >= 4 is 6.08 Å². The van der Waals surface area contributed by atoms with Crippen LogP contribution >= 0.6 is 0 Å². The standard InChI is InChI=1S/C18H16O2/c1-11-5-4-7-13-12(11)9-10-16-17(13)18(19)14-6-2-3-8-15(14)20-16/h2-4,6-11,18-19H,5H2,1H3. The van der Waals surface area contributed by atoms with E-state index in [-0.39, 0.29) is 0 Å². The summed E-state index contributed by atoms with van der Waals surface area (Å²) in [4.78, 5) is 0. The molecular weight excluding hydrogens is 248 g/mol. The van der Waals surface area contributed by atoms with Crippen molar-refractivity contribution in [1.82, 2.24) is 0 Å². The van der Waals surface area contributed by atoms with E-state index in [0.717, 1.165) is 34.6 Å². The van der Waals surface area contributed by atoms with Gasteiger partial charge in [-0.1, -0.05) is 43.3 Å². The molecule has 0 amide bonds. The van der Waals surface area contributed by atoms with Crippen molar-refractivity contribution in [3.63, 3.8) is 0 Å². The molecule has 1 aliphatic heterocycles. The Bertz CT molecular complexity index is 715. The highest BCUT2D eigenvalue weighted by molar-refractivity contribution is 5.68. The molecule has 0 radical (unpaired) electrons. The molecule has 0 saturated carbocycles. The van der Waals surface area contributed by atoms with Gasteiger partial charge in [-0.3, -0.25) is 0 Å². The summed E-state index contributed by atoms with van der Waals surface area (Å²) in [6.45, 7) is 2.22. The second kappa shape index (κ2) is 4.22. The summed E-state index contributed by atoms with van der Waals surface area (Å²) < 4.78 is 5.96. The minimum absolute atomic E-state index is 0.490. The lowest BCUT2D eigenvalue weighted by Gasteiger charge is -2.29. The molecule has 0 fully saturated rings. The maximum Gasteiger partial charge on any atom is 0.134 e. The zero-order valence-electron chi connectivity index (χ0n) is 11.3. The van der Waals surface area contributed by atoms with Gasteiger partial charge < -0.3 is 9.84 Å². The zero-order chi connectivity index (χ0) is 13.7. The highest BCUT2D eigenvalue weighted by Crippen LogP contribution is 2.47. The molecule has 2 nitrogen and oxygen atoms in total. The van der Waals surface area contributed by atoms with E-state index in [4.69, 9.17) is 4.74 Å². The monoisotopic (exact) mass is 264 g/mol. The van der Waals surface area contributed by atoms with Crippen molar-refractivity contribution < 1.29 is 9.84 Å². The number of ether oxygens (including phenoxy) is 1. The van der Waals surface area contributed by atoms with Crippen LogP contribution < -0.4 is 4.74 Å². The number of benzene rings is 2. The fourth-order valence-electron chi connectivity index (χ4n) is 3.21. The molecule has 1 N–H and O–H groups in total. The van der Waals surface area contributed by atoms with Crippen LogP contribution in [0.4, 0.5) is 0 Å². The Kier molecular flexibility index (Phi) is 2.48. The summed E-state index contributed by atoms with van der Waals surface area (Å²) in [7, 11) is 0. The van der Waals surface area contributed by atoms with Crippen molar-refractivity contribution in [2.75, 3.05) is 0 Å². The third-order valence-electron chi connectivity index (χ3n) is 4.29. The normalized spacial score (nSPS) is 22.5. The summed E-state index contributed by atoms with van der Waals surface area (Å²) in [6, 6.07) is 11.8. The summed E-state index contributed by atoms with van der Waals surface area (Å²) in [5.41, 5.74) is 4.18. The molecule has 1 aliphatic carbocycles. The van der Waals surface area contributed by atoms with Crippen LogP contribution in [0.3, 0.4) is 0 Å². The van der Waals surface area contributed by atoms with Gasteiger partial charge in [0.1, 0.15) is 17.6 Å². The first-order valence-corrected chi connectivity index (χ1v) is 7.04. The predicted octanol–water partition coefficient (Wildman–Crippen LogP) is 4.39. The van der Waals surface area contributed by atoms with Gasteiger partial charge in [-0.2, -0.15) is 0 Å². The van der Waals surface area contributed by atoms with E-state index in [2.05, 4.69) is 25.1 Å². The van der Waals surface area contributed by atoms with Gasteiger partial charge in [-0.25, -0.2) is 0 Å². The number of hydrogen-bond acceptors (Lipinski definition) is 2. The lowest BCUT2D eigenvalue weighted by molar-refractivity contribution is 0.202. The number of rotatable bonds is 0. The van der Waals surface area contributed by atoms with E-state index in [1.807, 2.05) is 30.3 Å². The van der Waals surface area contributed by atoms with Crippen molar-refractivity contribution in [2.45, 2.75) is 25.4 Å². The first kappa shape index (κ1) is 11.7. The van der Waals surface area contributed by atoms with Crippen LogP contribution in [0.5, 0.6) is 11.5 Å². The van der Waals surface area contributed by atoms with Gasteiger partial charge in [0, 0.05) is 11.1 Å². The molecular formula is C18H16O2. The topological polar surface area (TPSA) is 29.5 Å². The lowest BCUT2D eigenvalue weighted by Crippen LogP contribution is -2.14. The number of aliphatic hydroxyl groups is 1. The molecule has 2 aliphatic rings. The van der Waals surface area contributed by atoms with Crippen molar-refractivity contribution in [2.24, 2.45) is 0 Å². The highest BCUT2D eigenvalue weighted by atomic mass is 16.5. The summed E-state index contributed by atoms with van der Waals surface area (Å²) in [6.07, 6.45) is 4.74. The molecule has 2 aromatic rings. The fraction of sp³-hybridized carbons (Fsp3) is 0.222. The van der Waals surface area contributed by atoms with Crippen molar-refractivity contribution in [3.05, 3.63) is 64.7 Å². The number of fused-ring (bicyclic) bond motifs is 4. The van der Waals surface area contributed by atoms with E-state index >= 15 is 0 Å². The van der Waals surface area contributed by atoms with Crippen molar-refractivity contribution in [3.8, 4) is 11.5 Å². The molecule has 0 bridgehead atoms. The molecule has 20 heavy (non-hydrogen) atoms. The number of allylic oxidation sites excluding steroid dienone is 1. The summed E-state index contributed by atoms with van der Waals surface area (Å²) in [5, 5.41) is 10.7. The molecule has 2 atom stereocenters. The van der Waals surface area contributed by atoms with Gasteiger partial charge in [-0.05, 0) is 35.6 Å². The third kappa shape index (κ3) is 1.55. The van der Waals surface area contributed by atoms with E-state index in [1.165, 1.54) is 5.56 Å². The smallest absolute Gasteiger partial charge is 0.134 e. The van der Waals surface area contributed by atoms with E-state index in [0.29, 0.717) is 5.92 Å². The maximum absolute atomic E-state index is 10.7. The average molecular weight is 264 g/mol. The fourth-order valence-corrected chi connectivity index (χ4v) is 3.21. The van der Waals surface area contributed by atoms with Crippen LogP contribution in [0.25, 0.3) is 6.08 Å². The predicted molar refractivity (Wildman–Crippen MR) is 79.1 cm³/mol. The van der Waals surface area contributed by atoms with Crippen LogP contribution in [0.15, 0.2) is 42.5 Å². The van der Waals surface area contributed by atoms with Gasteiger partial charge in [0.05, 0.1) is 0 Å². The van der Waals surface area contributed by atoms with Crippen LogP contribution in [-0.4, -0.2) is 5.11 Å². The minimum Gasteiger partial charge on any atom is -0.457 e. The Hall–Kier alpha value is -2.06. The largest absolute Gasteiger partial charge is 0.457 e. The molecule has 0 aromatic heterocycles. The average Bonchev–Trinajstić information content (AvgIpc) is 2.47. The van der Waals surface area contributed by atoms with E-state index in [1.54, 1.807) is 0 Å². The second-order valence-electron chi connectivity index (χ2n) is 5.56. The Morgan fingerprint density at radius 3 is 2.80 bits per heavy atom. The number of aliphatic hydroxyl groups excluding tert-OH is 1. The Morgan fingerprint density at radius 1 is 1.05 bits per heavy atom. The van der Waals surface area contributed by atoms with Gasteiger partial charge in [-0.15, -0.1) is 0 Å². The molecule has 1 heterocycles.